The molecule has 3 aromatic rings. The average Bonchev–Trinajstić information content (AvgIpc) is 3.56. The Bertz CT molecular complexity index is 1230. The van der Waals surface area contributed by atoms with Crippen molar-refractivity contribution in [3.05, 3.63) is 54.2 Å². The van der Waals surface area contributed by atoms with Crippen molar-refractivity contribution < 1.29 is 24.3 Å². The van der Waals surface area contributed by atoms with Gasteiger partial charge in [0.25, 0.3) is 0 Å². The summed E-state index contributed by atoms with van der Waals surface area (Å²) >= 11 is 0. The van der Waals surface area contributed by atoms with Crippen LogP contribution in [0.3, 0.4) is 0 Å². The highest BCUT2D eigenvalue weighted by molar-refractivity contribution is 5.94. The highest BCUT2D eigenvalue weighted by Crippen LogP contribution is 2.19. The number of aliphatic carboxylic acids is 1. The summed E-state index contributed by atoms with van der Waals surface area (Å²) in [5, 5.41) is 17.6. The van der Waals surface area contributed by atoms with Crippen LogP contribution < -0.4 is 27.4 Å². The molecule has 10 N–H and O–H groups in total. The fourth-order valence-electron chi connectivity index (χ4n) is 4.03. The molecule has 0 fully saturated rings. The standard InChI is InChI=1S/C25H34N8O5/c26-8-4-3-6-18(27)23(36)32-21(10-16-12-28-14-31-16)25(38)33-20(24(37)30-13-22(34)35)9-15-11-29-19-7-2-1-5-17(15)19/h1-2,5,7,11-12,14,18,20-21,29H,3-4,6,8-10,13,26-27H2,(H,28,31)(H,30,37)(H,32,36)(H,33,38)(H,34,35). The van der Waals surface area contributed by atoms with Crippen molar-refractivity contribution in [2.45, 2.75) is 50.2 Å². The molecule has 13 nitrogen and oxygen atoms in total. The third kappa shape index (κ3) is 8.15. The van der Waals surface area contributed by atoms with Crippen LogP contribution in [0.25, 0.3) is 10.9 Å². The number of aromatic nitrogens is 3. The number of hydrogen-bond acceptors (Lipinski definition) is 7. The molecule has 204 valence electrons. The number of imidazole rings is 1. The minimum absolute atomic E-state index is 0.0731. The summed E-state index contributed by atoms with van der Waals surface area (Å²) in [5.41, 5.74) is 13.7. The van der Waals surface area contributed by atoms with E-state index >= 15 is 0 Å². The van der Waals surface area contributed by atoms with E-state index in [1.807, 2.05) is 24.3 Å². The second kappa shape index (κ2) is 13.9. The first-order valence-corrected chi connectivity index (χ1v) is 12.4. The Morgan fingerprint density at radius 2 is 1.71 bits per heavy atom. The number of carboxylic acids is 1. The van der Waals surface area contributed by atoms with Gasteiger partial charge in [-0.25, -0.2) is 4.98 Å². The molecule has 3 unspecified atom stereocenters. The molecule has 38 heavy (non-hydrogen) atoms. The van der Waals surface area contributed by atoms with Crippen LogP contribution in [0.15, 0.2) is 43.0 Å². The minimum Gasteiger partial charge on any atom is -0.480 e. The molecule has 3 amide bonds. The summed E-state index contributed by atoms with van der Waals surface area (Å²) in [7, 11) is 0. The zero-order valence-corrected chi connectivity index (χ0v) is 20.9. The fraction of sp³-hybridized carbons (Fsp3) is 0.400. The number of rotatable bonds is 15. The Labute approximate surface area is 219 Å². The maximum Gasteiger partial charge on any atom is 0.322 e. The smallest absolute Gasteiger partial charge is 0.322 e. The van der Waals surface area contributed by atoms with Crippen LogP contribution in [0.4, 0.5) is 0 Å². The maximum absolute atomic E-state index is 13.4. The van der Waals surface area contributed by atoms with E-state index < -0.39 is 48.4 Å². The van der Waals surface area contributed by atoms with E-state index in [-0.39, 0.29) is 12.8 Å². The van der Waals surface area contributed by atoms with Crippen LogP contribution in [-0.4, -0.2) is 75.0 Å². The predicted octanol–water partition coefficient (Wildman–Crippen LogP) is -0.697. The number of aromatic amines is 2. The minimum atomic E-state index is -1.22. The lowest BCUT2D eigenvalue weighted by Gasteiger charge is -2.24. The van der Waals surface area contributed by atoms with Gasteiger partial charge in [0, 0.05) is 41.8 Å². The zero-order chi connectivity index (χ0) is 27.5. The normalized spacial score (nSPS) is 13.4. The first-order valence-electron chi connectivity index (χ1n) is 12.4. The van der Waals surface area contributed by atoms with Crippen LogP contribution in [0.5, 0.6) is 0 Å². The second-order valence-corrected chi connectivity index (χ2v) is 8.97. The number of nitrogens with two attached hydrogens (primary N) is 2. The molecule has 0 saturated heterocycles. The highest BCUT2D eigenvalue weighted by atomic mass is 16.4. The molecule has 2 aromatic heterocycles. The van der Waals surface area contributed by atoms with Gasteiger partial charge in [-0.15, -0.1) is 0 Å². The van der Waals surface area contributed by atoms with E-state index in [4.69, 9.17) is 16.6 Å². The number of nitrogens with one attached hydrogen (secondary N) is 5. The number of benzene rings is 1. The van der Waals surface area contributed by atoms with E-state index in [1.54, 1.807) is 6.20 Å². The molecular formula is C25H34N8O5. The number of H-pyrrole nitrogens is 2. The van der Waals surface area contributed by atoms with Gasteiger partial charge in [-0.05, 0) is 31.0 Å². The summed E-state index contributed by atoms with van der Waals surface area (Å²) < 4.78 is 0. The third-order valence-corrected chi connectivity index (χ3v) is 6.06. The molecule has 0 aliphatic heterocycles. The van der Waals surface area contributed by atoms with Crippen molar-refractivity contribution in [2.24, 2.45) is 11.5 Å². The van der Waals surface area contributed by atoms with E-state index in [1.165, 1.54) is 12.5 Å². The van der Waals surface area contributed by atoms with Gasteiger partial charge >= 0.3 is 5.97 Å². The van der Waals surface area contributed by atoms with Crippen molar-refractivity contribution in [2.75, 3.05) is 13.1 Å². The summed E-state index contributed by atoms with van der Waals surface area (Å²) in [5.74, 6) is -3.03. The van der Waals surface area contributed by atoms with Crippen molar-refractivity contribution in [1.82, 2.24) is 30.9 Å². The molecule has 0 aliphatic carbocycles. The van der Waals surface area contributed by atoms with Gasteiger partial charge in [0.1, 0.15) is 18.6 Å². The molecule has 0 spiro atoms. The van der Waals surface area contributed by atoms with Crippen molar-refractivity contribution in [1.29, 1.82) is 0 Å². The van der Waals surface area contributed by atoms with Crippen LogP contribution in [0.2, 0.25) is 0 Å². The van der Waals surface area contributed by atoms with Crippen LogP contribution >= 0.6 is 0 Å². The Hall–Kier alpha value is -4.23. The summed E-state index contributed by atoms with van der Waals surface area (Å²) in [6.07, 6.45) is 6.66. The lowest BCUT2D eigenvalue weighted by molar-refractivity contribution is -0.138. The van der Waals surface area contributed by atoms with Gasteiger partial charge in [0.05, 0.1) is 12.4 Å². The third-order valence-electron chi connectivity index (χ3n) is 6.06. The number of fused-ring (bicyclic) bond motifs is 1. The van der Waals surface area contributed by atoms with Gasteiger partial charge in [0.2, 0.25) is 17.7 Å². The number of carbonyl (C=O) groups is 4. The van der Waals surface area contributed by atoms with E-state index in [9.17, 15) is 19.2 Å². The monoisotopic (exact) mass is 526 g/mol. The Balaban J connectivity index is 1.78. The molecule has 2 heterocycles. The van der Waals surface area contributed by atoms with Crippen molar-refractivity contribution in [3.63, 3.8) is 0 Å². The van der Waals surface area contributed by atoms with Crippen molar-refractivity contribution in [3.8, 4) is 0 Å². The maximum atomic E-state index is 13.4. The molecule has 1 aromatic carbocycles. The number of nitrogens with zero attached hydrogens (tertiary/aromatic N) is 1. The van der Waals surface area contributed by atoms with Gasteiger partial charge in [-0.2, -0.15) is 0 Å². The predicted molar refractivity (Wildman–Crippen MR) is 140 cm³/mol. The van der Waals surface area contributed by atoms with Gasteiger partial charge in [-0.1, -0.05) is 24.6 Å². The van der Waals surface area contributed by atoms with Gasteiger partial charge in [-0.3, -0.25) is 19.2 Å². The summed E-state index contributed by atoms with van der Waals surface area (Å²) in [6, 6.07) is 4.46. The molecule has 0 radical (unpaired) electrons. The molecule has 0 saturated carbocycles. The zero-order valence-electron chi connectivity index (χ0n) is 20.9. The Kier molecular flexibility index (Phi) is 10.4. The number of unbranched alkanes of at least 4 members (excludes halogenated alkanes) is 1. The van der Waals surface area contributed by atoms with Crippen LogP contribution in [0.1, 0.15) is 30.5 Å². The number of carboxylic acid groups (broad SMARTS) is 1. The Morgan fingerprint density at radius 3 is 2.42 bits per heavy atom. The summed E-state index contributed by atoms with van der Waals surface area (Å²) in [4.78, 5) is 60.1. The van der Waals surface area contributed by atoms with E-state index in [0.717, 1.165) is 22.9 Å². The lowest BCUT2D eigenvalue weighted by Crippen LogP contribution is -2.57. The summed E-state index contributed by atoms with van der Waals surface area (Å²) in [6.45, 7) is -0.119. The number of carbonyl (C=O) groups excluding carboxylic acids is 3. The molecule has 0 aliphatic rings. The highest BCUT2D eigenvalue weighted by Gasteiger charge is 2.29. The first kappa shape index (κ1) is 28.3. The fourth-order valence-corrected chi connectivity index (χ4v) is 4.03. The van der Waals surface area contributed by atoms with E-state index in [0.29, 0.717) is 25.1 Å². The molecule has 3 rings (SSSR count). The van der Waals surface area contributed by atoms with E-state index in [2.05, 4.69) is 30.9 Å². The average molecular weight is 527 g/mol. The molecule has 3 atom stereocenters. The topological polar surface area (TPSA) is 221 Å². The SMILES string of the molecule is NCCCCC(N)C(=O)NC(Cc1cnc[nH]1)C(=O)NC(Cc1c[nH]c2ccccc12)C(=O)NCC(=O)O. The number of para-hydroxylation sites is 1. The van der Waals surface area contributed by atoms with Gasteiger partial charge < -0.3 is 42.5 Å². The molecule has 0 bridgehead atoms. The molecular weight excluding hydrogens is 492 g/mol. The largest absolute Gasteiger partial charge is 0.480 e. The van der Waals surface area contributed by atoms with Gasteiger partial charge in [0.15, 0.2) is 0 Å². The first-order chi connectivity index (χ1) is 18.3. The van der Waals surface area contributed by atoms with Crippen molar-refractivity contribution >= 4 is 34.6 Å². The quantitative estimate of drug-likeness (QED) is 0.118. The molecule has 13 heteroatoms. The van der Waals surface area contributed by atoms with Crippen LogP contribution in [-0.2, 0) is 32.0 Å². The number of amides is 3. The number of hydrogen-bond donors (Lipinski definition) is 8. The lowest BCUT2D eigenvalue weighted by atomic mass is 10.0. The van der Waals surface area contributed by atoms with Crippen LogP contribution in [0, 0.1) is 0 Å². The second-order valence-electron chi connectivity index (χ2n) is 8.97. The Morgan fingerprint density at radius 1 is 0.974 bits per heavy atom.